The fraction of sp³-hybridized carbons (Fsp3) is 0.357. The highest BCUT2D eigenvalue weighted by Crippen LogP contribution is 2.40. The normalized spacial score (nSPS) is 18.0. The van der Waals surface area contributed by atoms with E-state index in [1.54, 1.807) is 0 Å². The lowest BCUT2D eigenvalue weighted by atomic mass is 9.97. The highest BCUT2D eigenvalue weighted by atomic mass is 32.2. The molecule has 1 aromatic heterocycles. The van der Waals surface area contributed by atoms with Crippen LogP contribution < -0.4 is 10.6 Å². The quantitative estimate of drug-likeness (QED) is 0.384. The minimum Gasteiger partial charge on any atom is -0.381 e. The highest BCUT2D eigenvalue weighted by Gasteiger charge is 2.49. The molecule has 10 heteroatoms. The van der Waals surface area contributed by atoms with Crippen molar-refractivity contribution in [2.24, 2.45) is 0 Å². The summed E-state index contributed by atoms with van der Waals surface area (Å²) in [6, 6.07) is 16.7. The summed E-state index contributed by atoms with van der Waals surface area (Å²) in [5, 5.41) is 20.6. The van der Waals surface area contributed by atoms with Crippen molar-refractivity contribution < 1.29 is 24.0 Å². The largest absolute Gasteiger partial charge is 0.381 e. The third kappa shape index (κ3) is 6.25. The van der Waals surface area contributed by atoms with Crippen LogP contribution in [0.4, 0.5) is 0 Å². The van der Waals surface area contributed by atoms with Crippen LogP contribution in [-0.4, -0.2) is 61.7 Å². The number of hydrogen-bond acceptors (Lipinski definition) is 7. The zero-order valence-corrected chi connectivity index (χ0v) is 22.4. The second-order valence-corrected chi connectivity index (χ2v) is 11.4. The van der Waals surface area contributed by atoms with E-state index in [-0.39, 0.29) is 23.9 Å². The summed E-state index contributed by atoms with van der Waals surface area (Å²) in [4.78, 5) is 41.2. The van der Waals surface area contributed by atoms with Crippen molar-refractivity contribution in [2.45, 2.75) is 56.7 Å². The SMILES string of the molecule is Cc1ccccc1CNC(=O)C1N(C(=O)[C@@H](O)[C@H](Cc2ccccc2)NC(=O)c2ccon2)CSC1(C)C. The molecule has 2 heterocycles. The molecule has 3 aromatic rings. The molecule has 0 radical (unpaired) electrons. The lowest BCUT2D eigenvalue weighted by Gasteiger charge is -2.33. The first kappa shape index (κ1) is 27.4. The van der Waals surface area contributed by atoms with Gasteiger partial charge >= 0.3 is 0 Å². The number of aryl methyl sites for hydroxylation is 1. The van der Waals surface area contributed by atoms with Gasteiger partial charge in [-0.05, 0) is 43.9 Å². The van der Waals surface area contributed by atoms with Gasteiger partial charge in [0.2, 0.25) is 5.91 Å². The molecule has 0 saturated carbocycles. The first-order valence-corrected chi connectivity index (χ1v) is 13.4. The minimum atomic E-state index is -1.59. The molecule has 9 nitrogen and oxygen atoms in total. The van der Waals surface area contributed by atoms with E-state index in [9.17, 15) is 19.5 Å². The van der Waals surface area contributed by atoms with Gasteiger partial charge in [0.1, 0.15) is 12.3 Å². The first-order valence-electron chi connectivity index (χ1n) is 12.4. The summed E-state index contributed by atoms with van der Waals surface area (Å²) in [5.74, 6) is -1.26. The average Bonchev–Trinajstić information content (AvgIpc) is 3.55. The Morgan fingerprint density at radius 1 is 1.13 bits per heavy atom. The Morgan fingerprint density at radius 2 is 1.84 bits per heavy atom. The van der Waals surface area contributed by atoms with Gasteiger partial charge in [-0.25, -0.2) is 0 Å². The Hall–Kier alpha value is -3.63. The van der Waals surface area contributed by atoms with Crippen molar-refractivity contribution in [1.82, 2.24) is 20.7 Å². The second kappa shape index (κ2) is 11.8. The number of nitrogens with one attached hydrogen (secondary N) is 2. The van der Waals surface area contributed by atoms with Gasteiger partial charge in [-0.2, -0.15) is 0 Å². The first-order chi connectivity index (χ1) is 18.2. The van der Waals surface area contributed by atoms with Gasteiger partial charge in [-0.3, -0.25) is 14.4 Å². The number of rotatable bonds is 9. The zero-order chi connectivity index (χ0) is 27.3. The molecule has 4 rings (SSSR count). The van der Waals surface area contributed by atoms with E-state index in [4.69, 9.17) is 4.52 Å². The van der Waals surface area contributed by atoms with Gasteiger partial charge in [0.15, 0.2) is 11.8 Å². The molecule has 1 unspecified atom stereocenters. The van der Waals surface area contributed by atoms with E-state index >= 15 is 0 Å². The fourth-order valence-corrected chi connectivity index (χ4v) is 5.66. The zero-order valence-electron chi connectivity index (χ0n) is 21.6. The van der Waals surface area contributed by atoms with E-state index in [1.807, 2.05) is 75.4 Å². The number of thioether (sulfide) groups is 1. The Balaban J connectivity index is 1.52. The van der Waals surface area contributed by atoms with Gasteiger partial charge in [0.05, 0.1) is 11.9 Å². The van der Waals surface area contributed by atoms with Gasteiger partial charge in [-0.1, -0.05) is 59.8 Å². The summed E-state index contributed by atoms with van der Waals surface area (Å²) >= 11 is 1.47. The second-order valence-electron chi connectivity index (χ2n) is 9.83. The van der Waals surface area contributed by atoms with E-state index in [0.717, 1.165) is 16.7 Å². The molecule has 200 valence electrons. The van der Waals surface area contributed by atoms with E-state index in [2.05, 4.69) is 15.8 Å². The minimum absolute atomic E-state index is 0.0361. The molecule has 3 amide bonds. The maximum absolute atomic E-state index is 13.7. The molecule has 2 aromatic carbocycles. The fourth-order valence-electron chi connectivity index (χ4n) is 4.52. The van der Waals surface area contributed by atoms with Gasteiger partial charge in [0.25, 0.3) is 11.8 Å². The monoisotopic (exact) mass is 536 g/mol. The highest BCUT2D eigenvalue weighted by molar-refractivity contribution is 8.00. The van der Waals surface area contributed by atoms with E-state index in [1.165, 1.54) is 29.0 Å². The smallest absolute Gasteiger partial charge is 0.273 e. The predicted octanol–water partition coefficient (Wildman–Crippen LogP) is 2.68. The summed E-state index contributed by atoms with van der Waals surface area (Å²) < 4.78 is 4.18. The van der Waals surface area contributed by atoms with Gasteiger partial charge < -0.3 is 25.2 Å². The van der Waals surface area contributed by atoms with Crippen LogP contribution in [-0.2, 0) is 22.6 Å². The molecule has 1 aliphatic rings. The third-order valence-corrected chi connectivity index (χ3v) is 8.09. The number of nitrogens with zero attached hydrogens (tertiary/aromatic N) is 2. The van der Waals surface area contributed by atoms with E-state index < -0.39 is 34.7 Å². The lowest BCUT2D eigenvalue weighted by molar-refractivity contribution is -0.147. The van der Waals surface area contributed by atoms with Crippen molar-refractivity contribution in [3.05, 3.63) is 89.3 Å². The molecule has 38 heavy (non-hydrogen) atoms. The van der Waals surface area contributed by atoms with Crippen molar-refractivity contribution >= 4 is 29.5 Å². The maximum Gasteiger partial charge on any atom is 0.273 e. The lowest BCUT2D eigenvalue weighted by Crippen LogP contribution is -2.58. The molecule has 0 bridgehead atoms. The molecule has 3 N–H and O–H groups in total. The molecule has 1 fully saturated rings. The van der Waals surface area contributed by atoms with Crippen molar-refractivity contribution in [3.8, 4) is 0 Å². The average molecular weight is 537 g/mol. The number of amides is 3. The van der Waals surface area contributed by atoms with Crippen LogP contribution in [0.3, 0.4) is 0 Å². The van der Waals surface area contributed by atoms with Crippen LogP contribution in [0.2, 0.25) is 0 Å². The molecule has 0 aliphatic carbocycles. The summed E-state index contributed by atoms with van der Waals surface area (Å²) in [6.07, 6.45) is -0.120. The number of aliphatic hydroxyl groups is 1. The Labute approximate surface area is 226 Å². The topological polar surface area (TPSA) is 125 Å². The van der Waals surface area contributed by atoms with Crippen molar-refractivity contribution in [1.29, 1.82) is 0 Å². The van der Waals surface area contributed by atoms with Crippen LogP contribution in [0.5, 0.6) is 0 Å². The van der Waals surface area contributed by atoms with Crippen molar-refractivity contribution in [3.63, 3.8) is 0 Å². The summed E-state index contributed by atoms with van der Waals surface area (Å²) in [6.45, 7) is 6.12. The van der Waals surface area contributed by atoms with Crippen LogP contribution in [0.25, 0.3) is 0 Å². The predicted molar refractivity (Wildman–Crippen MR) is 144 cm³/mol. The van der Waals surface area contributed by atoms with Crippen LogP contribution in [0.15, 0.2) is 71.4 Å². The summed E-state index contributed by atoms with van der Waals surface area (Å²) in [5.41, 5.74) is 2.91. The van der Waals surface area contributed by atoms with Crippen LogP contribution >= 0.6 is 11.8 Å². The molecular formula is C28H32N4O5S. The number of benzene rings is 2. The number of carbonyl (C=O) groups is 3. The maximum atomic E-state index is 13.7. The standard InChI is InChI=1S/C28H32N4O5S/c1-18-9-7-8-12-20(18)16-29-26(35)24-28(2,3)38-17-32(24)27(36)23(33)22(15-19-10-5-4-6-11-19)30-25(34)21-13-14-37-31-21/h4-14,22-24,33H,15-17H2,1-3H3,(H,29,35)(H,30,34)/t22-,23-,24?/m0/s1. The number of hydrogen-bond donors (Lipinski definition) is 3. The number of aliphatic hydroxyl groups excluding tert-OH is 1. The number of carbonyl (C=O) groups excluding carboxylic acids is 3. The third-order valence-electron chi connectivity index (χ3n) is 6.71. The van der Waals surface area contributed by atoms with Gasteiger partial charge in [-0.15, -0.1) is 11.8 Å². The van der Waals surface area contributed by atoms with Crippen LogP contribution in [0, 0.1) is 6.92 Å². The Kier molecular flexibility index (Phi) is 8.53. The van der Waals surface area contributed by atoms with Crippen molar-refractivity contribution in [2.75, 3.05) is 5.88 Å². The van der Waals surface area contributed by atoms with Gasteiger partial charge in [0, 0.05) is 17.4 Å². The molecule has 3 atom stereocenters. The molecule has 1 aliphatic heterocycles. The van der Waals surface area contributed by atoms with E-state index in [0.29, 0.717) is 6.54 Å². The molecular weight excluding hydrogens is 504 g/mol. The molecule has 0 spiro atoms. The Morgan fingerprint density at radius 3 is 2.53 bits per heavy atom. The Bertz CT molecular complexity index is 1270. The summed E-state index contributed by atoms with van der Waals surface area (Å²) in [7, 11) is 0. The molecule has 1 saturated heterocycles. The van der Waals surface area contributed by atoms with Crippen LogP contribution in [0.1, 0.15) is 41.0 Å². The number of aromatic nitrogens is 1.